The first-order valence-electron chi connectivity index (χ1n) is 6.25. The van der Waals surface area contributed by atoms with Crippen LogP contribution in [0.4, 0.5) is 0 Å². The SMILES string of the molecule is O=C1CN(Cc2ccc(Cl)c3cccnc23)CCN1. The van der Waals surface area contributed by atoms with Crippen molar-refractivity contribution in [3.05, 3.63) is 41.0 Å². The Bertz CT molecular complexity index is 629. The summed E-state index contributed by atoms with van der Waals surface area (Å²) in [5.74, 6) is 0.0810. The van der Waals surface area contributed by atoms with Gasteiger partial charge in [0.15, 0.2) is 0 Å². The quantitative estimate of drug-likeness (QED) is 0.909. The summed E-state index contributed by atoms with van der Waals surface area (Å²) in [5.41, 5.74) is 2.02. The predicted molar refractivity (Wildman–Crippen MR) is 75.0 cm³/mol. The van der Waals surface area contributed by atoms with E-state index >= 15 is 0 Å². The summed E-state index contributed by atoms with van der Waals surface area (Å²) < 4.78 is 0. The van der Waals surface area contributed by atoms with Crippen LogP contribution in [0, 0.1) is 0 Å². The zero-order valence-corrected chi connectivity index (χ0v) is 11.2. The molecule has 0 atom stereocenters. The van der Waals surface area contributed by atoms with Gasteiger partial charge < -0.3 is 5.32 Å². The molecule has 5 heteroatoms. The summed E-state index contributed by atoms with van der Waals surface area (Å²) in [6.45, 7) is 2.73. The van der Waals surface area contributed by atoms with Crippen molar-refractivity contribution in [3.63, 3.8) is 0 Å². The van der Waals surface area contributed by atoms with Gasteiger partial charge in [-0.25, -0.2) is 0 Å². The van der Waals surface area contributed by atoms with E-state index in [2.05, 4.69) is 15.2 Å². The molecular weight excluding hydrogens is 262 g/mol. The second kappa shape index (κ2) is 5.15. The van der Waals surface area contributed by atoms with Crippen LogP contribution in [0.1, 0.15) is 5.56 Å². The van der Waals surface area contributed by atoms with Gasteiger partial charge in [0, 0.05) is 36.2 Å². The molecule has 3 rings (SSSR count). The molecule has 1 aromatic heterocycles. The van der Waals surface area contributed by atoms with E-state index in [4.69, 9.17) is 11.6 Å². The maximum atomic E-state index is 11.4. The van der Waals surface area contributed by atoms with Crippen LogP contribution in [0.3, 0.4) is 0 Å². The predicted octanol–water partition coefficient (Wildman–Crippen LogP) is 1.82. The minimum Gasteiger partial charge on any atom is -0.354 e. The van der Waals surface area contributed by atoms with Crippen LogP contribution in [0.15, 0.2) is 30.5 Å². The molecule has 2 heterocycles. The van der Waals surface area contributed by atoms with Gasteiger partial charge in [0.2, 0.25) is 5.91 Å². The molecule has 2 aromatic rings. The number of carbonyl (C=O) groups is 1. The van der Waals surface area contributed by atoms with Gasteiger partial charge >= 0.3 is 0 Å². The number of pyridine rings is 1. The van der Waals surface area contributed by atoms with Gasteiger partial charge in [0.1, 0.15) is 0 Å². The lowest BCUT2D eigenvalue weighted by atomic mass is 10.1. The standard InChI is InChI=1S/C14H14ClN3O/c15-12-4-3-10(14-11(12)2-1-5-17-14)8-18-7-6-16-13(19)9-18/h1-5H,6-9H2,(H,16,19). The van der Waals surface area contributed by atoms with Crippen molar-refractivity contribution < 1.29 is 4.79 Å². The van der Waals surface area contributed by atoms with E-state index in [9.17, 15) is 4.79 Å². The van der Waals surface area contributed by atoms with Crippen molar-refractivity contribution >= 4 is 28.4 Å². The monoisotopic (exact) mass is 275 g/mol. The normalized spacial score (nSPS) is 16.6. The van der Waals surface area contributed by atoms with Gasteiger partial charge in [0.25, 0.3) is 0 Å². The Morgan fingerprint density at radius 3 is 3.11 bits per heavy atom. The van der Waals surface area contributed by atoms with Crippen molar-refractivity contribution in [1.82, 2.24) is 15.2 Å². The highest BCUT2D eigenvalue weighted by Gasteiger charge is 2.17. The van der Waals surface area contributed by atoms with Crippen LogP contribution in [0.25, 0.3) is 10.9 Å². The molecule has 98 valence electrons. The maximum Gasteiger partial charge on any atom is 0.234 e. The molecule has 1 N–H and O–H groups in total. The van der Waals surface area contributed by atoms with Crippen LogP contribution in [0.5, 0.6) is 0 Å². The first-order chi connectivity index (χ1) is 9.24. The molecular formula is C14H14ClN3O. The lowest BCUT2D eigenvalue weighted by Crippen LogP contribution is -2.47. The van der Waals surface area contributed by atoms with E-state index in [1.165, 1.54) is 0 Å². The zero-order chi connectivity index (χ0) is 13.2. The molecule has 1 fully saturated rings. The molecule has 4 nitrogen and oxygen atoms in total. The lowest BCUT2D eigenvalue weighted by Gasteiger charge is -2.26. The van der Waals surface area contributed by atoms with Gasteiger partial charge in [-0.2, -0.15) is 0 Å². The Labute approximate surface area is 116 Å². The Morgan fingerprint density at radius 2 is 2.26 bits per heavy atom. The van der Waals surface area contributed by atoms with Crippen molar-refractivity contribution in [2.75, 3.05) is 19.6 Å². The summed E-state index contributed by atoms with van der Waals surface area (Å²) in [6, 6.07) is 7.73. The van der Waals surface area contributed by atoms with E-state index in [1.807, 2.05) is 24.3 Å². The van der Waals surface area contributed by atoms with Crippen LogP contribution in [-0.4, -0.2) is 35.4 Å². The van der Waals surface area contributed by atoms with Gasteiger partial charge in [-0.1, -0.05) is 17.7 Å². The molecule has 0 aliphatic carbocycles. The minimum absolute atomic E-state index is 0.0810. The third-order valence-corrected chi connectivity index (χ3v) is 3.64. The number of fused-ring (bicyclic) bond motifs is 1. The highest BCUT2D eigenvalue weighted by molar-refractivity contribution is 6.35. The van der Waals surface area contributed by atoms with Crippen molar-refractivity contribution in [2.24, 2.45) is 0 Å². The number of halogens is 1. The molecule has 1 saturated heterocycles. The Balaban J connectivity index is 1.92. The Hall–Kier alpha value is -1.65. The second-order valence-corrected chi connectivity index (χ2v) is 5.07. The summed E-state index contributed by atoms with van der Waals surface area (Å²) in [7, 11) is 0. The number of amides is 1. The minimum atomic E-state index is 0.0810. The van der Waals surface area contributed by atoms with Gasteiger partial charge in [-0.05, 0) is 23.8 Å². The third kappa shape index (κ3) is 2.55. The molecule has 0 spiro atoms. The number of nitrogens with zero attached hydrogens (tertiary/aromatic N) is 2. The Kier molecular flexibility index (Phi) is 3.36. The third-order valence-electron chi connectivity index (χ3n) is 3.31. The molecule has 1 aliphatic heterocycles. The van der Waals surface area contributed by atoms with Crippen LogP contribution < -0.4 is 5.32 Å². The second-order valence-electron chi connectivity index (χ2n) is 4.67. The van der Waals surface area contributed by atoms with E-state index < -0.39 is 0 Å². The summed E-state index contributed by atoms with van der Waals surface area (Å²) in [5, 5.41) is 4.50. The molecule has 1 aromatic carbocycles. The topological polar surface area (TPSA) is 45.2 Å². The molecule has 0 bridgehead atoms. The van der Waals surface area contributed by atoms with Crippen LogP contribution in [-0.2, 0) is 11.3 Å². The van der Waals surface area contributed by atoms with Crippen molar-refractivity contribution in [3.8, 4) is 0 Å². The van der Waals surface area contributed by atoms with E-state index in [0.717, 1.165) is 29.6 Å². The fourth-order valence-corrected chi connectivity index (χ4v) is 2.61. The van der Waals surface area contributed by atoms with Gasteiger partial charge in [0.05, 0.1) is 12.1 Å². The molecule has 1 aliphatic rings. The van der Waals surface area contributed by atoms with E-state index in [1.54, 1.807) is 6.20 Å². The fraction of sp³-hybridized carbons (Fsp3) is 0.286. The maximum absolute atomic E-state index is 11.4. The van der Waals surface area contributed by atoms with E-state index in [-0.39, 0.29) is 5.91 Å². The first-order valence-corrected chi connectivity index (χ1v) is 6.63. The number of hydrogen-bond acceptors (Lipinski definition) is 3. The number of rotatable bonds is 2. The number of aromatic nitrogens is 1. The average Bonchev–Trinajstić information content (AvgIpc) is 2.42. The number of piperazine rings is 1. The number of hydrogen-bond donors (Lipinski definition) is 1. The highest BCUT2D eigenvalue weighted by atomic mass is 35.5. The lowest BCUT2D eigenvalue weighted by molar-refractivity contribution is -0.124. The number of benzene rings is 1. The Morgan fingerprint density at radius 1 is 1.37 bits per heavy atom. The fourth-order valence-electron chi connectivity index (χ4n) is 2.39. The largest absolute Gasteiger partial charge is 0.354 e. The van der Waals surface area contributed by atoms with E-state index in [0.29, 0.717) is 18.1 Å². The molecule has 0 radical (unpaired) electrons. The first kappa shape index (κ1) is 12.4. The van der Waals surface area contributed by atoms with Crippen molar-refractivity contribution in [1.29, 1.82) is 0 Å². The molecule has 19 heavy (non-hydrogen) atoms. The zero-order valence-electron chi connectivity index (χ0n) is 10.4. The molecule has 0 unspecified atom stereocenters. The summed E-state index contributed by atoms with van der Waals surface area (Å²) in [6.07, 6.45) is 1.77. The molecule has 1 amide bonds. The summed E-state index contributed by atoms with van der Waals surface area (Å²) in [4.78, 5) is 17.9. The smallest absolute Gasteiger partial charge is 0.234 e. The van der Waals surface area contributed by atoms with Gasteiger partial charge in [-0.15, -0.1) is 0 Å². The number of nitrogens with one attached hydrogen (secondary N) is 1. The number of carbonyl (C=O) groups excluding carboxylic acids is 1. The van der Waals surface area contributed by atoms with Crippen LogP contribution in [0.2, 0.25) is 5.02 Å². The highest BCUT2D eigenvalue weighted by Crippen LogP contribution is 2.25. The average molecular weight is 276 g/mol. The van der Waals surface area contributed by atoms with Crippen molar-refractivity contribution in [2.45, 2.75) is 6.54 Å². The molecule has 0 saturated carbocycles. The van der Waals surface area contributed by atoms with Crippen LogP contribution >= 0.6 is 11.6 Å². The summed E-state index contributed by atoms with van der Waals surface area (Å²) >= 11 is 6.18. The van der Waals surface area contributed by atoms with Gasteiger partial charge in [-0.3, -0.25) is 14.7 Å².